The maximum atomic E-state index is 4.78. The molecule has 0 atom stereocenters. The Balaban J connectivity index is 0. The van der Waals surface area contributed by atoms with Crippen LogP contribution in [-0.2, 0) is 23.2 Å². The zero-order valence-corrected chi connectivity index (χ0v) is 9.27. The predicted molar refractivity (Wildman–Crippen MR) is 35.1 cm³/mol. The molecule has 0 bridgehead atoms. The van der Waals surface area contributed by atoms with Gasteiger partial charge in [-0.2, -0.15) is 0 Å². The van der Waals surface area contributed by atoms with Crippen LogP contribution in [0.15, 0.2) is 30.6 Å². The van der Waals surface area contributed by atoms with E-state index in [0.717, 1.165) is 23.2 Å². The van der Waals surface area contributed by atoms with E-state index in [4.69, 9.17) is 8.58 Å². The summed E-state index contributed by atoms with van der Waals surface area (Å²) in [6.07, 6.45) is 3.50. The molecule has 0 unspecified atom stereocenters. The van der Waals surface area contributed by atoms with Crippen LogP contribution < -0.4 is 6.15 Å². The quantitative estimate of drug-likeness (QED) is 0.744. The molecule has 0 radical (unpaired) electrons. The van der Waals surface area contributed by atoms with Gasteiger partial charge in [0.2, 0.25) is 0 Å². The Labute approximate surface area is 73.4 Å². The molecule has 0 aliphatic carbocycles. The van der Waals surface area contributed by atoms with Crippen molar-refractivity contribution in [1.29, 1.82) is 0 Å². The second-order valence-corrected chi connectivity index (χ2v) is 1.02. The molecule has 2 nitrogen and oxygen atoms in total. The summed E-state index contributed by atoms with van der Waals surface area (Å²) in [5.41, 5.74) is 0. The van der Waals surface area contributed by atoms with Crippen molar-refractivity contribution in [3.8, 4) is 0 Å². The summed E-state index contributed by atoms with van der Waals surface area (Å²) in [4.78, 5) is 3.78. The first kappa shape index (κ1) is 12.0. The molecule has 0 spiro atoms. The van der Waals surface area contributed by atoms with Gasteiger partial charge in [0.25, 0.3) is 0 Å². The van der Waals surface area contributed by atoms with Crippen LogP contribution >= 0.6 is 8.58 Å². The van der Waals surface area contributed by atoms with Crippen LogP contribution in [-0.4, -0.2) is 4.98 Å². The zero-order valence-electron chi connectivity index (χ0n) is 4.92. The topological polar surface area (TPSA) is 47.9 Å². The van der Waals surface area contributed by atoms with E-state index < -0.39 is 0 Å². The minimum atomic E-state index is 0. The Morgan fingerprint density at radius 1 is 1.00 bits per heavy atom. The molecule has 0 saturated carbocycles. The second kappa shape index (κ2) is 11.1. The van der Waals surface area contributed by atoms with E-state index in [1.807, 2.05) is 18.2 Å². The number of hydrogen-bond donors (Lipinski definition) is 1. The molecule has 0 amide bonds. The molecule has 0 saturated heterocycles. The average molecular weight is 310 g/mol. The molecule has 0 aromatic carbocycles. The summed E-state index contributed by atoms with van der Waals surface area (Å²) < 4.78 is 0. The standard InChI is InChI=1S/C5H5N.ClH.Hf.H3N/c1-2-4-6-5-3-1;;;/h1-5H;1H;;1H3/q;;+1;/p-1. The van der Waals surface area contributed by atoms with Crippen LogP contribution in [0.5, 0.6) is 0 Å². The number of aromatic nitrogens is 1. The van der Waals surface area contributed by atoms with Gasteiger partial charge in [-0.05, 0) is 12.1 Å². The molecule has 1 rings (SSSR count). The Hall–Kier alpha value is 0.270. The molecular weight excluding hydrogens is 302 g/mol. The van der Waals surface area contributed by atoms with E-state index in [2.05, 4.69) is 4.98 Å². The molecule has 0 aliphatic heterocycles. The fraction of sp³-hybridized carbons (Fsp3) is 0. The van der Waals surface area contributed by atoms with E-state index in [-0.39, 0.29) is 6.15 Å². The van der Waals surface area contributed by atoms with Crippen molar-refractivity contribution in [3.05, 3.63) is 30.6 Å². The summed E-state index contributed by atoms with van der Waals surface area (Å²) in [5, 5.41) is 0. The molecule has 0 fully saturated rings. The van der Waals surface area contributed by atoms with Crippen LogP contribution in [0.25, 0.3) is 0 Å². The van der Waals surface area contributed by atoms with Crippen molar-refractivity contribution in [1.82, 2.24) is 11.1 Å². The van der Waals surface area contributed by atoms with E-state index in [9.17, 15) is 0 Å². The van der Waals surface area contributed by atoms with E-state index in [1.165, 1.54) is 0 Å². The first-order chi connectivity index (χ1) is 4.00. The van der Waals surface area contributed by atoms with Crippen molar-refractivity contribution in [2.75, 3.05) is 0 Å². The predicted octanol–water partition coefficient (Wildman–Crippen LogP) is 1.93. The number of hydrogen-bond acceptors (Lipinski definition) is 2. The van der Waals surface area contributed by atoms with Crippen molar-refractivity contribution in [3.63, 3.8) is 0 Å². The molecular formula is C5H8ClHfN2. The molecule has 1 aromatic heterocycles. The Bertz CT molecular complexity index is 86.9. The van der Waals surface area contributed by atoms with Crippen LogP contribution in [0.2, 0.25) is 0 Å². The maximum absolute atomic E-state index is 4.78. The van der Waals surface area contributed by atoms with Gasteiger partial charge in [-0.1, -0.05) is 6.07 Å². The normalized spacial score (nSPS) is 5.78. The van der Waals surface area contributed by atoms with E-state index >= 15 is 0 Å². The van der Waals surface area contributed by atoms with Crippen molar-refractivity contribution < 1.29 is 23.2 Å². The Morgan fingerprint density at radius 2 is 1.44 bits per heavy atom. The zero-order chi connectivity index (χ0) is 6.24. The third-order valence-corrected chi connectivity index (χ3v) is 0.566. The van der Waals surface area contributed by atoms with Crippen LogP contribution in [0.4, 0.5) is 0 Å². The van der Waals surface area contributed by atoms with Gasteiger partial charge in [-0.25, -0.2) is 0 Å². The summed E-state index contributed by atoms with van der Waals surface area (Å²) in [6, 6.07) is 5.72. The van der Waals surface area contributed by atoms with E-state index in [1.54, 1.807) is 12.4 Å². The minimum absolute atomic E-state index is 0. The molecule has 0 aliphatic rings. The average Bonchev–Trinajstić information content (AvgIpc) is 1.96. The SMILES string of the molecule is N.[Cl][Hf].c1ccncc1. The third kappa shape index (κ3) is 8.27. The van der Waals surface area contributed by atoms with Crippen LogP contribution in [0, 0.1) is 0 Å². The van der Waals surface area contributed by atoms with Crippen molar-refractivity contribution >= 4 is 8.58 Å². The summed E-state index contributed by atoms with van der Waals surface area (Å²) in [5.74, 6) is 0. The van der Waals surface area contributed by atoms with Gasteiger partial charge >= 0.3 is 31.8 Å². The smallest absolute Gasteiger partial charge is 0.0267 e. The summed E-state index contributed by atoms with van der Waals surface area (Å²) in [7, 11) is 4.78. The summed E-state index contributed by atoms with van der Waals surface area (Å²) in [6.45, 7) is 0. The van der Waals surface area contributed by atoms with Gasteiger partial charge < -0.3 is 6.15 Å². The Morgan fingerprint density at radius 3 is 1.56 bits per heavy atom. The maximum Gasteiger partial charge on any atom is 0.0267 e. The summed E-state index contributed by atoms with van der Waals surface area (Å²) >= 11 is 0.778. The molecule has 9 heavy (non-hydrogen) atoms. The first-order valence-corrected chi connectivity index (χ1v) is 6.49. The van der Waals surface area contributed by atoms with Gasteiger partial charge in [0.15, 0.2) is 0 Å². The number of halogens is 1. The first-order valence-electron chi connectivity index (χ1n) is 2.04. The largest absolute Gasteiger partial charge is 0.265 e. The Kier molecular flexibility index (Phi) is 14.8. The van der Waals surface area contributed by atoms with Gasteiger partial charge in [0.1, 0.15) is 0 Å². The second-order valence-electron chi connectivity index (χ2n) is 1.02. The van der Waals surface area contributed by atoms with E-state index in [0.29, 0.717) is 0 Å². The third-order valence-electron chi connectivity index (χ3n) is 0.566. The fourth-order valence-electron chi connectivity index (χ4n) is 0.313. The van der Waals surface area contributed by atoms with Gasteiger partial charge in [0, 0.05) is 12.4 Å². The molecule has 1 heterocycles. The number of nitrogens with zero attached hydrogens (tertiary/aromatic N) is 1. The monoisotopic (exact) mass is 311 g/mol. The van der Waals surface area contributed by atoms with Crippen LogP contribution in [0.1, 0.15) is 0 Å². The number of pyridine rings is 1. The van der Waals surface area contributed by atoms with Crippen molar-refractivity contribution in [2.24, 2.45) is 0 Å². The van der Waals surface area contributed by atoms with Crippen molar-refractivity contribution in [2.45, 2.75) is 0 Å². The minimum Gasteiger partial charge on any atom is -0.265 e. The molecule has 1 aromatic rings. The number of rotatable bonds is 0. The molecule has 4 heteroatoms. The molecule has 49 valence electrons. The van der Waals surface area contributed by atoms with Gasteiger partial charge in [-0.3, -0.25) is 4.98 Å². The van der Waals surface area contributed by atoms with Gasteiger partial charge in [0.05, 0.1) is 0 Å². The van der Waals surface area contributed by atoms with Gasteiger partial charge in [-0.15, -0.1) is 0 Å². The molecule has 3 N–H and O–H groups in total. The fourth-order valence-corrected chi connectivity index (χ4v) is 0.313. The van der Waals surface area contributed by atoms with Crippen LogP contribution in [0.3, 0.4) is 0 Å².